The number of pyridine rings is 1. The van der Waals surface area contributed by atoms with Crippen LogP contribution in [0.1, 0.15) is 12.6 Å². The number of amides is 1. The number of anilines is 1. The van der Waals surface area contributed by atoms with E-state index in [0.29, 0.717) is 33.4 Å². The maximum Gasteiger partial charge on any atom is 0.251 e. The van der Waals surface area contributed by atoms with E-state index in [4.69, 9.17) is 16.3 Å². The van der Waals surface area contributed by atoms with Gasteiger partial charge in [0.25, 0.3) is 5.91 Å². The quantitative estimate of drug-likeness (QED) is 0.588. The van der Waals surface area contributed by atoms with Crippen LogP contribution in [-0.4, -0.2) is 61.8 Å². The van der Waals surface area contributed by atoms with Gasteiger partial charge in [0.2, 0.25) is 0 Å². The molecular weight excluding hydrogens is 386 g/mol. The Hall–Kier alpha value is -2.82. The lowest BCUT2D eigenvalue weighted by Crippen LogP contribution is -2.38. The number of nitrogens with zero attached hydrogens (tertiary/aromatic N) is 5. The minimum Gasteiger partial charge on any atom is -0.390 e. The molecule has 3 aromatic heterocycles. The van der Waals surface area contributed by atoms with Crippen LogP contribution in [0.4, 0.5) is 5.82 Å². The van der Waals surface area contributed by atoms with Gasteiger partial charge in [-0.1, -0.05) is 11.6 Å². The Labute approximate surface area is 164 Å². The predicted octanol–water partition coefficient (Wildman–Crippen LogP) is 0.978. The molecule has 28 heavy (non-hydrogen) atoms. The Morgan fingerprint density at radius 1 is 1.36 bits per heavy atom. The first kappa shape index (κ1) is 18.5. The molecule has 0 bridgehead atoms. The largest absolute Gasteiger partial charge is 0.390 e. The molecule has 0 aliphatic carbocycles. The minimum atomic E-state index is -0.949. The van der Waals surface area contributed by atoms with Crippen molar-refractivity contribution in [3.8, 4) is 11.4 Å². The van der Waals surface area contributed by atoms with Crippen LogP contribution < -0.4 is 10.6 Å². The van der Waals surface area contributed by atoms with Gasteiger partial charge in [-0.05, 0) is 6.07 Å². The summed E-state index contributed by atoms with van der Waals surface area (Å²) in [5.41, 5.74) is 1.70. The highest BCUT2D eigenvalue weighted by molar-refractivity contribution is 6.30. The number of likely N-dealkylation sites (N-methyl/N-ethyl adjacent to an activating group) is 1. The van der Waals surface area contributed by atoms with E-state index in [2.05, 4.69) is 30.6 Å². The molecule has 0 radical (unpaired) electrons. The van der Waals surface area contributed by atoms with Gasteiger partial charge in [0, 0.05) is 38.5 Å². The van der Waals surface area contributed by atoms with Gasteiger partial charge in [-0.25, -0.2) is 15.0 Å². The Bertz CT molecular complexity index is 1040. The Kier molecular flexibility index (Phi) is 4.84. The molecule has 3 aromatic rings. The number of hydrogen-bond donors (Lipinski definition) is 3. The predicted molar refractivity (Wildman–Crippen MR) is 102 cm³/mol. The van der Waals surface area contributed by atoms with E-state index >= 15 is 0 Å². The second-order valence-corrected chi connectivity index (χ2v) is 6.73. The Morgan fingerprint density at radius 3 is 2.89 bits per heavy atom. The van der Waals surface area contributed by atoms with Crippen molar-refractivity contribution in [1.82, 2.24) is 29.8 Å². The first-order valence-corrected chi connectivity index (χ1v) is 8.98. The smallest absolute Gasteiger partial charge is 0.251 e. The molecule has 1 aliphatic rings. The Balaban J connectivity index is 1.78. The number of nitrogens with one attached hydrogen (secondary N) is 2. The number of fused-ring (bicyclic) bond motifs is 1. The van der Waals surface area contributed by atoms with Crippen molar-refractivity contribution in [1.29, 1.82) is 0 Å². The summed E-state index contributed by atoms with van der Waals surface area (Å²) in [4.78, 5) is 29.4. The van der Waals surface area contributed by atoms with Gasteiger partial charge in [0.15, 0.2) is 28.9 Å². The molecule has 3 N–H and O–H groups in total. The summed E-state index contributed by atoms with van der Waals surface area (Å²) < 4.78 is 7.45. The van der Waals surface area contributed by atoms with E-state index in [-0.39, 0.29) is 12.3 Å². The SMILES string of the molecule is CNC(=O)[C@H]1O[C@@H](n2cnc3c(NC)nc(-c4cncc(Cl)c4)nc32)C[C@@H]1O. The third-order valence-corrected chi connectivity index (χ3v) is 4.74. The van der Waals surface area contributed by atoms with Crippen LogP contribution in [0.3, 0.4) is 0 Å². The van der Waals surface area contributed by atoms with Crippen molar-refractivity contribution in [3.05, 3.63) is 29.8 Å². The van der Waals surface area contributed by atoms with Gasteiger partial charge in [0.1, 0.15) is 6.23 Å². The maximum atomic E-state index is 11.9. The van der Waals surface area contributed by atoms with Crippen LogP contribution in [0, 0.1) is 0 Å². The second kappa shape index (κ2) is 7.30. The number of aliphatic hydroxyl groups excluding tert-OH is 1. The van der Waals surface area contributed by atoms with Crippen molar-refractivity contribution in [2.45, 2.75) is 24.9 Å². The highest BCUT2D eigenvalue weighted by atomic mass is 35.5. The third-order valence-electron chi connectivity index (χ3n) is 4.53. The van der Waals surface area contributed by atoms with Crippen LogP contribution in [0.15, 0.2) is 24.8 Å². The number of aliphatic hydroxyl groups is 1. The molecule has 0 spiro atoms. The second-order valence-electron chi connectivity index (χ2n) is 6.29. The normalized spacial score (nSPS) is 21.8. The van der Waals surface area contributed by atoms with E-state index in [9.17, 15) is 9.90 Å². The molecule has 4 rings (SSSR count). The lowest BCUT2D eigenvalue weighted by Gasteiger charge is -2.15. The summed E-state index contributed by atoms with van der Waals surface area (Å²) in [7, 11) is 3.23. The van der Waals surface area contributed by atoms with Gasteiger partial charge < -0.3 is 20.5 Å². The van der Waals surface area contributed by atoms with E-state index < -0.39 is 18.4 Å². The fourth-order valence-corrected chi connectivity index (χ4v) is 3.34. The molecule has 1 amide bonds. The molecule has 0 unspecified atom stereocenters. The van der Waals surface area contributed by atoms with Crippen molar-refractivity contribution in [2.24, 2.45) is 0 Å². The average molecular weight is 404 g/mol. The summed E-state index contributed by atoms with van der Waals surface area (Å²) in [6, 6.07) is 1.72. The van der Waals surface area contributed by atoms with Crippen LogP contribution in [-0.2, 0) is 9.53 Å². The lowest BCUT2D eigenvalue weighted by atomic mass is 10.1. The van der Waals surface area contributed by atoms with E-state index in [1.807, 2.05) is 0 Å². The molecule has 146 valence electrons. The molecule has 10 nitrogen and oxygen atoms in total. The summed E-state index contributed by atoms with van der Waals surface area (Å²) in [6.45, 7) is 0. The molecule has 1 saturated heterocycles. The topological polar surface area (TPSA) is 127 Å². The molecule has 1 aliphatic heterocycles. The van der Waals surface area contributed by atoms with Gasteiger partial charge >= 0.3 is 0 Å². The number of ether oxygens (including phenoxy) is 1. The van der Waals surface area contributed by atoms with Crippen LogP contribution in [0.25, 0.3) is 22.6 Å². The molecule has 3 atom stereocenters. The van der Waals surface area contributed by atoms with E-state index in [1.54, 1.807) is 30.2 Å². The summed E-state index contributed by atoms with van der Waals surface area (Å²) in [6.07, 6.45) is 2.47. The van der Waals surface area contributed by atoms with Crippen LogP contribution >= 0.6 is 11.6 Å². The number of carbonyl (C=O) groups is 1. The van der Waals surface area contributed by atoms with Gasteiger partial charge in [-0.15, -0.1) is 0 Å². The Morgan fingerprint density at radius 2 is 2.18 bits per heavy atom. The van der Waals surface area contributed by atoms with Crippen molar-refractivity contribution in [2.75, 3.05) is 19.4 Å². The number of imidazole rings is 1. The summed E-state index contributed by atoms with van der Waals surface area (Å²) in [5, 5.41) is 16.2. The lowest BCUT2D eigenvalue weighted by molar-refractivity contribution is -0.137. The third kappa shape index (κ3) is 3.15. The first-order chi connectivity index (χ1) is 13.5. The zero-order valence-corrected chi connectivity index (χ0v) is 15.9. The molecule has 1 fully saturated rings. The van der Waals surface area contributed by atoms with Gasteiger partial charge in [0.05, 0.1) is 17.5 Å². The molecule has 0 saturated carbocycles. The summed E-state index contributed by atoms with van der Waals surface area (Å²) in [5.74, 6) is 0.561. The standard InChI is InChI=1S/C17H18ClN7O3/c1-19-15-12-16(24-14(23-15)8-3-9(18)6-21-5-8)25(7-22-12)11-4-10(26)13(28-11)17(27)20-2/h3,5-7,10-11,13,26H,4H2,1-2H3,(H,20,27)(H,19,23,24)/t10-,11+,13-/m0/s1. The molecular formula is C17H18ClN7O3. The maximum absolute atomic E-state index is 11.9. The van der Waals surface area contributed by atoms with Crippen molar-refractivity contribution >= 4 is 34.5 Å². The molecule has 4 heterocycles. The van der Waals surface area contributed by atoms with E-state index in [0.717, 1.165) is 0 Å². The molecule has 11 heteroatoms. The monoisotopic (exact) mass is 403 g/mol. The molecule has 0 aromatic carbocycles. The van der Waals surface area contributed by atoms with Crippen LogP contribution in [0.2, 0.25) is 5.02 Å². The average Bonchev–Trinajstić information content (AvgIpc) is 3.29. The van der Waals surface area contributed by atoms with Crippen molar-refractivity contribution < 1.29 is 14.6 Å². The number of hydrogen-bond acceptors (Lipinski definition) is 8. The fourth-order valence-electron chi connectivity index (χ4n) is 3.17. The zero-order valence-electron chi connectivity index (χ0n) is 15.1. The van der Waals surface area contributed by atoms with Crippen LogP contribution in [0.5, 0.6) is 0 Å². The van der Waals surface area contributed by atoms with Gasteiger partial charge in [-0.3, -0.25) is 14.3 Å². The zero-order chi connectivity index (χ0) is 19.8. The fraction of sp³-hybridized carbons (Fsp3) is 0.353. The highest BCUT2D eigenvalue weighted by Crippen LogP contribution is 2.33. The van der Waals surface area contributed by atoms with Crippen molar-refractivity contribution in [3.63, 3.8) is 0 Å². The van der Waals surface area contributed by atoms with Gasteiger partial charge in [-0.2, -0.15) is 0 Å². The number of carbonyl (C=O) groups excluding carboxylic acids is 1. The minimum absolute atomic E-state index is 0.233. The summed E-state index contributed by atoms with van der Waals surface area (Å²) >= 11 is 6.04. The first-order valence-electron chi connectivity index (χ1n) is 8.60. The number of halogens is 1. The van der Waals surface area contributed by atoms with E-state index in [1.165, 1.54) is 13.2 Å². The number of aromatic nitrogens is 5. The number of rotatable bonds is 4. The highest BCUT2D eigenvalue weighted by Gasteiger charge is 2.40.